The second-order valence-electron chi connectivity index (χ2n) is 3.92. The molecule has 0 heterocycles. The molecule has 0 radical (unpaired) electrons. The van der Waals surface area contributed by atoms with Gasteiger partial charge in [-0.3, -0.25) is 4.79 Å². The van der Waals surface area contributed by atoms with Crippen LogP contribution in [-0.4, -0.2) is 24.2 Å². The van der Waals surface area contributed by atoms with E-state index < -0.39 is 11.9 Å². The van der Waals surface area contributed by atoms with Gasteiger partial charge in [0, 0.05) is 12.2 Å². The van der Waals surface area contributed by atoms with Crippen molar-refractivity contribution in [1.29, 1.82) is 0 Å². The number of carboxylic acid groups (broad SMARTS) is 1. The van der Waals surface area contributed by atoms with Crippen molar-refractivity contribution in [3.63, 3.8) is 0 Å². The number of carbonyl (C=O) groups is 1. The van der Waals surface area contributed by atoms with Crippen molar-refractivity contribution in [3.8, 4) is 12.3 Å². The number of carboxylic acids is 1. The molecule has 5 heteroatoms. The molecular formula is C13H13Cl2NO2. The molecule has 0 aromatic heterocycles. The number of aliphatic carboxylic acids is 1. The Labute approximate surface area is 116 Å². The first-order valence-corrected chi connectivity index (χ1v) is 6.07. The Morgan fingerprint density at radius 2 is 2.17 bits per heavy atom. The maximum atomic E-state index is 10.9. The number of hydrogen-bond acceptors (Lipinski definition) is 2. The summed E-state index contributed by atoms with van der Waals surface area (Å²) in [5.41, 5.74) is 0.760. The number of halogens is 2. The van der Waals surface area contributed by atoms with Gasteiger partial charge in [0.05, 0.1) is 22.5 Å². The highest BCUT2D eigenvalue weighted by atomic mass is 35.5. The van der Waals surface area contributed by atoms with Crippen molar-refractivity contribution in [3.05, 3.63) is 28.2 Å². The lowest BCUT2D eigenvalue weighted by molar-refractivity contribution is -0.140. The van der Waals surface area contributed by atoms with E-state index in [-0.39, 0.29) is 0 Å². The van der Waals surface area contributed by atoms with Gasteiger partial charge in [0.1, 0.15) is 0 Å². The van der Waals surface area contributed by atoms with Gasteiger partial charge in [-0.05, 0) is 18.2 Å². The fourth-order valence-corrected chi connectivity index (χ4v) is 1.75. The predicted molar refractivity (Wildman–Crippen MR) is 74.3 cm³/mol. The van der Waals surface area contributed by atoms with Gasteiger partial charge < -0.3 is 10.0 Å². The second-order valence-corrected chi connectivity index (χ2v) is 4.74. The largest absolute Gasteiger partial charge is 0.481 e. The Morgan fingerprint density at radius 1 is 1.50 bits per heavy atom. The Morgan fingerprint density at radius 3 is 2.67 bits per heavy atom. The van der Waals surface area contributed by atoms with Crippen LogP contribution < -0.4 is 4.90 Å². The van der Waals surface area contributed by atoms with Crippen LogP contribution in [-0.2, 0) is 4.79 Å². The molecule has 0 spiro atoms. The molecule has 0 bridgehead atoms. The second kappa shape index (κ2) is 6.53. The van der Waals surface area contributed by atoms with Crippen molar-refractivity contribution in [2.75, 3.05) is 18.0 Å². The van der Waals surface area contributed by atoms with Gasteiger partial charge in [-0.15, -0.1) is 6.42 Å². The van der Waals surface area contributed by atoms with Crippen LogP contribution in [0.1, 0.15) is 6.92 Å². The summed E-state index contributed by atoms with van der Waals surface area (Å²) in [5.74, 6) is 1.12. The van der Waals surface area contributed by atoms with Crippen molar-refractivity contribution in [1.82, 2.24) is 0 Å². The number of terminal acetylenes is 1. The molecule has 0 fully saturated rings. The van der Waals surface area contributed by atoms with Gasteiger partial charge in [0.2, 0.25) is 0 Å². The summed E-state index contributed by atoms with van der Waals surface area (Å²) in [6.45, 7) is 2.26. The maximum Gasteiger partial charge on any atom is 0.308 e. The van der Waals surface area contributed by atoms with E-state index in [1.165, 1.54) is 0 Å². The smallest absolute Gasteiger partial charge is 0.308 e. The third-order valence-corrected chi connectivity index (χ3v) is 3.21. The summed E-state index contributed by atoms with van der Waals surface area (Å²) in [6, 6.07) is 5.10. The van der Waals surface area contributed by atoms with Gasteiger partial charge in [-0.25, -0.2) is 0 Å². The number of anilines is 1. The monoisotopic (exact) mass is 285 g/mol. The summed E-state index contributed by atoms with van der Waals surface area (Å²) in [7, 11) is 0. The van der Waals surface area contributed by atoms with Gasteiger partial charge in [-0.1, -0.05) is 36.0 Å². The zero-order valence-corrected chi connectivity index (χ0v) is 11.4. The minimum Gasteiger partial charge on any atom is -0.481 e. The van der Waals surface area contributed by atoms with Crippen LogP contribution in [0.25, 0.3) is 0 Å². The molecular weight excluding hydrogens is 273 g/mol. The van der Waals surface area contributed by atoms with Crippen LogP contribution in [0.5, 0.6) is 0 Å². The van der Waals surface area contributed by atoms with Crippen molar-refractivity contribution in [2.45, 2.75) is 6.92 Å². The Bertz CT molecular complexity index is 482. The lowest BCUT2D eigenvalue weighted by Gasteiger charge is -2.24. The molecule has 1 aromatic rings. The normalized spacial score (nSPS) is 11.7. The minimum atomic E-state index is -0.864. The molecule has 0 aliphatic rings. The Hall–Kier alpha value is -1.37. The molecule has 0 saturated heterocycles. The van der Waals surface area contributed by atoms with E-state index in [1.807, 2.05) is 0 Å². The van der Waals surface area contributed by atoms with Gasteiger partial charge >= 0.3 is 5.97 Å². The number of rotatable bonds is 5. The Balaban J connectivity index is 2.94. The van der Waals surface area contributed by atoms with Crippen LogP contribution in [0.4, 0.5) is 5.69 Å². The summed E-state index contributed by atoms with van der Waals surface area (Å²) in [4.78, 5) is 12.6. The van der Waals surface area contributed by atoms with E-state index in [9.17, 15) is 4.79 Å². The van der Waals surface area contributed by atoms with Crippen LogP contribution in [0, 0.1) is 18.3 Å². The van der Waals surface area contributed by atoms with Gasteiger partial charge in [0.25, 0.3) is 0 Å². The fraction of sp³-hybridized carbons (Fsp3) is 0.308. The molecule has 0 aliphatic carbocycles. The fourth-order valence-electron chi connectivity index (χ4n) is 1.46. The molecule has 1 unspecified atom stereocenters. The Kier molecular flexibility index (Phi) is 5.33. The highest BCUT2D eigenvalue weighted by Gasteiger charge is 2.16. The molecule has 3 nitrogen and oxygen atoms in total. The van der Waals surface area contributed by atoms with E-state index in [0.29, 0.717) is 23.1 Å². The van der Waals surface area contributed by atoms with E-state index in [4.69, 9.17) is 34.7 Å². The van der Waals surface area contributed by atoms with E-state index in [1.54, 1.807) is 30.0 Å². The molecule has 1 rings (SSSR count). The number of hydrogen-bond donors (Lipinski definition) is 1. The zero-order chi connectivity index (χ0) is 13.7. The van der Waals surface area contributed by atoms with Crippen molar-refractivity contribution >= 4 is 34.9 Å². The standard InChI is InChI=1S/C13H13Cl2NO2/c1-3-6-16(8-9(2)13(17)18)10-4-5-11(14)12(15)7-10/h1,4-5,7,9H,6,8H2,2H3,(H,17,18). The summed E-state index contributed by atoms with van der Waals surface area (Å²) in [5, 5.41) is 9.79. The third kappa shape index (κ3) is 3.83. The number of benzene rings is 1. The topological polar surface area (TPSA) is 40.5 Å². The first-order chi connectivity index (χ1) is 8.45. The van der Waals surface area contributed by atoms with Crippen LogP contribution in [0.15, 0.2) is 18.2 Å². The van der Waals surface area contributed by atoms with E-state index >= 15 is 0 Å². The SMILES string of the molecule is C#CCN(CC(C)C(=O)O)c1ccc(Cl)c(Cl)c1. The lowest BCUT2D eigenvalue weighted by atomic mass is 10.1. The minimum absolute atomic E-state index is 0.315. The summed E-state index contributed by atoms with van der Waals surface area (Å²) < 4.78 is 0. The molecule has 1 aromatic carbocycles. The quantitative estimate of drug-likeness (QED) is 0.845. The van der Waals surface area contributed by atoms with E-state index in [2.05, 4.69) is 5.92 Å². The molecule has 18 heavy (non-hydrogen) atoms. The third-order valence-electron chi connectivity index (χ3n) is 2.47. The predicted octanol–water partition coefficient (Wildman–Crippen LogP) is 3.15. The average Bonchev–Trinajstić information content (AvgIpc) is 2.32. The van der Waals surface area contributed by atoms with Crippen LogP contribution in [0.2, 0.25) is 10.0 Å². The van der Waals surface area contributed by atoms with Crippen molar-refractivity contribution in [2.24, 2.45) is 5.92 Å². The zero-order valence-electron chi connectivity index (χ0n) is 9.86. The molecule has 1 atom stereocenters. The number of nitrogens with zero attached hydrogens (tertiary/aromatic N) is 1. The summed E-state index contributed by atoms with van der Waals surface area (Å²) >= 11 is 11.8. The highest BCUT2D eigenvalue weighted by molar-refractivity contribution is 6.42. The average molecular weight is 286 g/mol. The molecule has 0 aliphatic heterocycles. The van der Waals surface area contributed by atoms with Gasteiger partial charge in [-0.2, -0.15) is 0 Å². The molecule has 0 saturated carbocycles. The molecule has 1 N–H and O–H groups in total. The molecule has 96 valence electrons. The van der Waals surface area contributed by atoms with Crippen LogP contribution >= 0.6 is 23.2 Å². The lowest BCUT2D eigenvalue weighted by Crippen LogP contribution is -2.32. The maximum absolute atomic E-state index is 10.9. The van der Waals surface area contributed by atoms with Gasteiger partial charge in [0.15, 0.2) is 0 Å². The van der Waals surface area contributed by atoms with E-state index in [0.717, 1.165) is 5.69 Å². The first-order valence-electron chi connectivity index (χ1n) is 5.32. The van der Waals surface area contributed by atoms with Crippen LogP contribution in [0.3, 0.4) is 0 Å². The summed E-state index contributed by atoms with van der Waals surface area (Å²) in [6.07, 6.45) is 5.29. The first kappa shape index (κ1) is 14.7. The molecule has 0 amide bonds. The highest BCUT2D eigenvalue weighted by Crippen LogP contribution is 2.27. The van der Waals surface area contributed by atoms with Crippen molar-refractivity contribution < 1.29 is 9.90 Å².